The monoisotopic (exact) mass is 244 g/mol. The number of nitrogens with one attached hydrogen (secondary N) is 2. The van der Waals surface area contributed by atoms with E-state index >= 15 is 0 Å². The third kappa shape index (κ3) is 5.17. The Labute approximate surface area is 107 Å². The molecule has 0 aliphatic heterocycles. The number of rotatable bonds is 3. The summed E-state index contributed by atoms with van der Waals surface area (Å²) >= 11 is 0. The van der Waals surface area contributed by atoms with Gasteiger partial charge in [-0.25, -0.2) is 0 Å². The molecule has 0 spiro atoms. The first-order valence-electron chi connectivity index (χ1n) is 5.68. The van der Waals surface area contributed by atoms with Crippen LogP contribution >= 0.6 is 0 Å². The van der Waals surface area contributed by atoms with Crippen LogP contribution in [0.15, 0.2) is 30.3 Å². The SMILES string of the molecule is CC(=O)N[C@@H](C)C(=O)NCC#Cc1ccccc1. The molecule has 0 aliphatic rings. The first kappa shape index (κ1) is 13.8. The predicted molar refractivity (Wildman–Crippen MR) is 69.6 cm³/mol. The van der Waals surface area contributed by atoms with Crippen LogP contribution < -0.4 is 10.6 Å². The van der Waals surface area contributed by atoms with Gasteiger partial charge in [-0.3, -0.25) is 9.59 Å². The quantitative estimate of drug-likeness (QED) is 0.768. The molecule has 1 atom stereocenters. The van der Waals surface area contributed by atoms with E-state index in [1.54, 1.807) is 6.92 Å². The van der Waals surface area contributed by atoms with Gasteiger partial charge in [-0.15, -0.1) is 0 Å². The lowest BCUT2D eigenvalue weighted by Crippen LogP contribution is -2.44. The molecule has 4 nitrogen and oxygen atoms in total. The van der Waals surface area contributed by atoms with Crippen LogP contribution in [0.25, 0.3) is 0 Å². The standard InChI is InChI=1S/C14H16N2O2/c1-11(16-12(2)17)14(18)15-10-6-9-13-7-4-3-5-8-13/h3-5,7-8,11H,10H2,1-2H3,(H,15,18)(H,16,17)/t11-/m0/s1. The second-order valence-electron chi connectivity index (χ2n) is 3.81. The van der Waals surface area contributed by atoms with Gasteiger partial charge in [-0.1, -0.05) is 30.0 Å². The lowest BCUT2D eigenvalue weighted by molar-refractivity contribution is -0.127. The molecule has 0 radical (unpaired) electrons. The molecule has 2 amide bonds. The van der Waals surface area contributed by atoms with Gasteiger partial charge < -0.3 is 10.6 Å². The normalized spacial score (nSPS) is 10.8. The Morgan fingerprint density at radius 2 is 1.94 bits per heavy atom. The number of hydrogen-bond acceptors (Lipinski definition) is 2. The van der Waals surface area contributed by atoms with Crippen LogP contribution in [-0.2, 0) is 9.59 Å². The molecule has 94 valence electrons. The number of benzene rings is 1. The molecule has 0 aromatic heterocycles. The van der Waals surface area contributed by atoms with E-state index in [0.717, 1.165) is 5.56 Å². The summed E-state index contributed by atoms with van der Waals surface area (Å²) in [6.07, 6.45) is 0. The number of amides is 2. The Morgan fingerprint density at radius 1 is 1.28 bits per heavy atom. The maximum Gasteiger partial charge on any atom is 0.243 e. The van der Waals surface area contributed by atoms with Gasteiger partial charge in [-0.05, 0) is 19.1 Å². The van der Waals surface area contributed by atoms with Crippen LogP contribution in [0, 0.1) is 11.8 Å². The minimum atomic E-state index is -0.541. The molecule has 0 saturated carbocycles. The summed E-state index contributed by atoms with van der Waals surface area (Å²) < 4.78 is 0. The lowest BCUT2D eigenvalue weighted by Gasteiger charge is -2.10. The fourth-order valence-corrected chi connectivity index (χ4v) is 1.32. The molecule has 18 heavy (non-hydrogen) atoms. The molecule has 0 saturated heterocycles. The fraction of sp³-hybridized carbons (Fsp3) is 0.286. The fourth-order valence-electron chi connectivity index (χ4n) is 1.32. The molecule has 0 heterocycles. The van der Waals surface area contributed by atoms with Gasteiger partial charge in [0.25, 0.3) is 0 Å². The number of carbonyl (C=O) groups excluding carboxylic acids is 2. The van der Waals surface area contributed by atoms with Crippen molar-refractivity contribution in [3.63, 3.8) is 0 Å². The molecule has 0 bridgehead atoms. The van der Waals surface area contributed by atoms with Crippen molar-refractivity contribution in [3.8, 4) is 11.8 Å². The second kappa shape index (κ2) is 7.13. The smallest absolute Gasteiger partial charge is 0.243 e. The lowest BCUT2D eigenvalue weighted by atomic mass is 10.2. The van der Waals surface area contributed by atoms with Gasteiger partial charge in [0.1, 0.15) is 6.04 Å². The van der Waals surface area contributed by atoms with Crippen LogP contribution in [0.4, 0.5) is 0 Å². The Hall–Kier alpha value is -2.28. The Morgan fingerprint density at radius 3 is 2.56 bits per heavy atom. The summed E-state index contributed by atoms with van der Waals surface area (Å²) in [5.74, 6) is 5.30. The minimum absolute atomic E-state index is 0.229. The summed E-state index contributed by atoms with van der Waals surface area (Å²) in [6, 6.07) is 8.98. The maximum absolute atomic E-state index is 11.5. The summed E-state index contributed by atoms with van der Waals surface area (Å²) in [4.78, 5) is 22.3. The molecule has 0 unspecified atom stereocenters. The largest absolute Gasteiger partial charge is 0.345 e. The van der Waals surface area contributed by atoms with Gasteiger partial charge >= 0.3 is 0 Å². The van der Waals surface area contributed by atoms with Gasteiger partial charge in [0, 0.05) is 12.5 Å². The first-order chi connectivity index (χ1) is 8.59. The highest BCUT2D eigenvalue weighted by atomic mass is 16.2. The molecule has 0 aliphatic carbocycles. The zero-order valence-electron chi connectivity index (χ0n) is 10.5. The van der Waals surface area contributed by atoms with Crippen LogP contribution in [0.1, 0.15) is 19.4 Å². The van der Waals surface area contributed by atoms with Crippen LogP contribution in [0.2, 0.25) is 0 Å². The van der Waals surface area contributed by atoms with Crippen molar-refractivity contribution >= 4 is 11.8 Å². The van der Waals surface area contributed by atoms with E-state index in [2.05, 4.69) is 22.5 Å². The molecular formula is C14H16N2O2. The second-order valence-corrected chi connectivity index (χ2v) is 3.81. The van der Waals surface area contributed by atoms with Crippen molar-refractivity contribution in [2.24, 2.45) is 0 Å². The Kier molecular flexibility index (Phi) is 5.46. The molecular weight excluding hydrogens is 228 g/mol. The average molecular weight is 244 g/mol. The van der Waals surface area contributed by atoms with Crippen LogP contribution in [-0.4, -0.2) is 24.4 Å². The zero-order chi connectivity index (χ0) is 13.4. The van der Waals surface area contributed by atoms with E-state index in [4.69, 9.17) is 0 Å². The van der Waals surface area contributed by atoms with Crippen molar-refractivity contribution in [2.75, 3.05) is 6.54 Å². The number of carbonyl (C=O) groups is 2. The van der Waals surface area contributed by atoms with E-state index in [-0.39, 0.29) is 18.4 Å². The summed E-state index contributed by atoms with van der Waals surface area (Å²) in [6.45, 7) is 3.26. The zero-order valence-corrected chi connectivity index (χ0v) is 10.5. The number of hydrogen-bond donors (Lipinski definition) is 2. The first-order valence-corrected chi connectivity index (χ1v) is 5.68. The van der Waals surface area contributed by atoms with Crippen molar-refractivity contribution in [2.45, 2.75) is 19.9 Å². The van der Waals surface area contributed by atoms with E-state index in [0.29, 0.717) is 0 Å². The predicted octanol–water partition coefficient (Wildman–Crippen LogP) is 0.679. The Bertz CT molecular complexity index is 472. The summed E-state index contributed by atoms with van der Waals surface area (Å²) in [5, 5.41) is 5.13. The third-order valence-corrected chi connectivity index (χ3v) is 2.17. The minimum Gasteiger partial charge on any atom is -0.345 e. The van der Waals surface area contributed by atoms with Crippen molar-refractivity contribution in [3.05, 3.63) is 35.9 Å². The summed E-state index contributed by atoms with van der Waals surface area (Å²) in [5.41, 5.74) is 0.904. The van der Waals surface area contributed by atoms with Gasteiger partial charge in [0.15, 0.2) is 0 Å². The van der Waals surface area contributed by atoms with E-state index < -0.39 is 6.04 Å². The highest BCUT2D eigenvalue weighted by molar-refractivity contribution is 5.86. The molecule has 1 rings (SSSR count). The van der Waals surface area contributed by atoms with Crippen LogP contribution in [0.3, 0.4) is 0 Å². The Balaban J connectivity index is 2.36. The van der Waals surface area contributed by atoms with Gasteiger partial charge in [-0.2, -0.15) is 0 Å². The average Bonchev–Trinajstić information content (AvgIpc) is 2.34. The molecule has 1 aromatic carbocycles. The molecule has 0 fully saturated rings. The topological polar surface area (TPSA) is 58.2 Å². The van der Waals surface area contributed by atoms with Crippen LogP contribution in [0.5, 0.6) is 0 Å². The van der Waals surface area contributed by atoms with Crippen molar-refractivity contribution in [1.82, 2.24) is 10.6 Å². The van der Waals surface area contributed by atoms with E-state index in [9.17, 15) is 9.59 Å². The molecule has 2 N–H and O–H groups in total. The van der Waals surface area contributed by atoms with E-state index in [1.165, 1.54) is 6.92 Å². The van der Waals surface area contributed by atoms with E-state index in [1.807, 2.05) is 30.3 Å². The third-order valence-electron chi connectivity index (χ3n) is 2.17. The molecule has 4 heteroatoms. The van der Waals surface area contributed by atoms with Crippen molar-refractivity contribution < 1.29 is 9.59 Å². The highest BCUT2D eigenvalue weighted by Gasteiger charge is 2.11. The van der Waals surface area contributed by atoms with Crippen molar-refractivity contribution in [1.29, 1.82) is 0 Å². The van der Waals surface area contributed by atoms with Gasteiger partial charge in [0.05, 0.1) is 6.54 Å². The molecule has 1 aromatic rings. The maximum atomic E-state index is 11.5. The highest BCUT2D eigenvalue weighted by Crippen LogP contribution is 1.94. The van der Waals surface area contributed by atoms with Gasteiger partial charge in [0.2, 0.25) is 11.8 Å². The summed E-state index contributed by atoms with van der Waals surface area (Å²) in [7, 11) is 0.